The van der Waals surface area contributed by atoms with Crippen molar-refractivity contribution in [3.63, 3.8) is 0 Å². The quantitative estimate of drug-likeness (QED) is 0.867. The van der Waals surface area contributed by atoms with Crippen molar-refractivity contribution in [1.29, 1.82) is 0 Å². The highest BCUT2D eigenvalue weighted by atomic mass is 19.1. The molecule has 0 aliphatic rings. The summed E-state index contributed by atoms with van der Waals surface area (Å²) in [4.78, 5) is 4.27. The molecule has 1 unspecified atom stereocenters. The molecular formula is C15H17FN2O. The first-order valence-corrected chi connectivity index (χ1v) is 6.21. The van der Waals surface area contributed by atoms with E-state index in [-0.39, 0.29) is 5.82 Å². The Morgan fingerprint density at radius 2 is 2.00 bits per heavy atom. The number of nitrogens with one attached hydrogen (secondary N) is 1. The molecule has 2 rings (SSSR count). The van der Waals surface area contributed by atoms with Gasteiger partial charge in [0.25, 0.3) is 0 Å². The van der Waals surface area contributed by atoms with Crippen LogP contribution in [-0.4, -0.2) is 16.6 Å². The van der Waals surface area contributed by atoms with Crippen LogP contribution in [0.5, 0.6) is 0 Å². The summed E-state index contributed by atoms with van der Waals surface area (Å²) < 4.78 is 12.8. The van der Waals surface area contributed by atoms with Crippen LogP contribution >= 0.6 is 0 Å². The molecule has 0 fully saturated rings. The number of hydrogen-bond acceptors (Lipinski definition) is 3. The Bertz CT molecular complexity index is 528. The monoisotopic (exact) mass is 260 g/mol. The number of rotatable bonds is 5. The number of pyridine rings is 1. The van der Waals surface area contributed by atoms with Gasteiger partial charge in [-0.3, -0.25) is 4.98 Å². The van der Waals surface area contributed by atoms with Crippen LogP contribution in [0.25, 0.3) is 0 Å². The third-order valence-corrected chi connectivity index (χ3v) is 3.00. The van der Waals surface area contributed by atoms with Gasteiger partial charge in [0.2, 0.25) is 0 Å². The lowest BCUT2D eigenvalue weighted by molar-refractivity contribution is 0.174. The first kappa shape index (κ1) is 13.6. The number of halogens is 1. The third kappa shape index (κ3) is 3.84. The molecule has 0 aliphatic carbocycles. The summed E-state index contributed by atoms with van der Waals surface area (Å²) in [5.74, 6) is -0.298. The topological polar surface area (TPSA) is 45.2 Å². The van der Waals surface area contributed by atoms with Gasteiger partial charge in [-0.15, -0.1) is 0 Å². The Morgan fingerprint density at radius 1 is 1.26 bits per heavy atom. The number of hydrogen-bond donors (Lipinski definition) is 2. The van der Waals surface area contributed by atoms with E-state index < -0.39 is 6.10 Å². The van der Waals surface area contributed by atoms with Crippen molar-refractivity contribution in [3.05, 3.63) is 65.2 Å². The Kier molecular flexibility index (Phi) is 4.60. The lowest BCUT2D eigenvalue weighted by Crippen LogP contribution is -2.22. The molecule has 0 radical (unpaired) electrons. The minimum Gasteiger partial charge on any atom is -0.387 e. The van der Waals surface area contributed by atoms with Crippen molar-refractivity contribution < 1.29 is 9.50 Å². The number of aromatic nitrogens is 1. The van der Waals surface area contributed by atoms with Crippen LogP contribution in [0.4, 0.5) is 4.39 Å². The molecule has 3 nitrogen and oxygen atoms in total. The average Bonchev–Trinajstić information content (AvgIpc) is 2.41. The molecule has 0 saturated heterocycles. The van der Waals surface area contributed by atoms with Crippen LogP contribution in [-0.2, 0) is 6.54 Å². The van der Waals surface area contributed by atoms with Gasteiger partial charge in [-0.2, -0.15) is 0 Å². The maximum absolute atomic E-state index is 12.8. The van der Waals surface area contributed by atoms with E-state index in [1.807, 2.05) is 19.1 Å². The maximum atomic E-state index is 12.8. The van der Waals surface area contributed by atoms with E-state index in [1.54, 1.807) is 18.3 Å². The smallest absolute Gasteiger partial charge is 0.123 e. The molecule has 0 amide bonds. The van der Waals surface area contributed by atoms with Crippen LogP contribution in [0.15, 0.2) is 42.6 Å². The zero-order valence-corrected chi connectivity index (χ0v) is 10.8. The predicted octanol–water partition coefficient (Wildman–Crippen LogP) is 2.35. The lowest BCUT2D eigenvalue weighted by atomic mass is 10.1. The van der Waals surface area contributed by atoms with Crippen molar-refractivity contribution in [2.24, 2.45) is 0 Å². The molecule has 1 aromatic carbocycles. The molecule has 0 bridgehead atoms. The lowest BCUT2D eigenvalue weighted by Gasteiger charge is -2.12. The van der Waals surface area contributed by atoms with Crippen LogP contribution < -0.4 is 5.32 Å². The van der Waals surface area contributed by atoms with Crippen molar-refractivity contribution >= 4 is 0 Å². The fourth-order valence-electron chi connectivity index (χ4n) is 1.83. The van der Waals surface area contributed by atoms with Crippen LogP contribution in [0, 0.1) is 12.7 Å². The number of benzene rings is 1. The van der Waals surface area contributed by atoms with E-state index in [2.05, 4.69) is 10.3 Å². The number of aryl methyl sites for hydroxylation is 1. The second-order valence-corrected chi connectivity index (χ2v) is 4.47. The molecule has 1 atom stereocenters. The first-order chi connectivity index (χ1) is 9.16. The standard InChI is InChI=1S/C15H17FN2O/c1-11-3-2-8-18-14(11)9-17-10-15(19)12-4-6-13(16)7-5-12/h2-8,15,17,19H,9-10H2,1H3. The molecule has 100 valence electrons. The van der Waals surface area contributed by atoms with E-state index in [0.717, 1.165) is 11.3 Å². The second-order valence-electron chi connectivity index (χ2n) is 4.47. The first-order valence-electron chi connectivity index (χ1n) is 6.21. The number of aliphatic hydroxyl groups excluding tert-OH is 1. The molecule has 4 heteroatoms. The van der Waals surface area contributed by atoms with Crippen LogP contribution in [0.3, 0.4) is 0 Å². The summed E-state index contributed by atoms with van der Waals surface area (Å²) in [6.07, 6.45) is 1.10. The van der Waals surface area contributed by atoms with Crippen molar-refractivity contribution in [2.45, 2.75) is 19.6 Å². The minimum atomic E-state index is -0.649. The zero-order valence-electron chi connectivity index (χ0n) is 10.8. The van der Waals surface area contributed by atoms with Crippen molar-refractivity contribution in [2.75, 3.05) is 6.54 Å². The van der Waals surface area contributed by atoms with Gasteiger partial charge in [0.15, 0.2) is 0 Å². The van der Waals surface area contributed by atoms with Gasteiger partial charge < -0.3 is 10.4 Å². The van der Waals surface area contributed by atoms with Crippen molar-refractivity contribution in [1.82, 2.24) is 10.3 Å². The maximum Gasteiger partial charge on any atom is 0.123 e. The molecule has 2 N–H and O–H groups in total. The van der Waals surface area contributed by atoms with Gasteiger partial charge in [0.05, 0.1) is 11.8 Å². The number of aliphatic hydroxyl groups is 1. The fourth-order valence-corrected chi connectivity index (χ4v) is 1.83. The largest absolute Gasteiger partial charge is 0.387 e. The van der Waals surface area contributed by atoms with E-state index in [0.29, 0.717) is 18.7 Å². The molecule has 0 aliphatic heterocycles. The van der Waals surface area contributed by atoms with Gasteiger partial charge in [0.1, 0.15) is 5.82 Å². The van der Waals surface area contributed by atoms with Crippen LogP contribution in [0.1, 0.15) is 22.9 Å². The highest BCUT2D eigenvalue weighted by Gasteiger charge is 2.07. The van der Waals surface area contributed by atoms with Crippen LogP contribution in [0.2, 0.25) is 0 Å². The predicted molar refractivity (Wildman–Crippen MR) is 72.0 cm³/mol. The summed E-state index contributed by atoms with van der Waals surface area (Å²) in [7, 11) is 0. The molecule has 1 heterocycles. The van der Waals surface area contributed by atoms with Gasteiger partial charge in [-0.05, 0) is 36.2 Å². The summed E-state index contributed by atoms with van der Waals surface area (Å²) in [6.45, 7) is 3.01. The van der Waals surface area contributed by atoms with Gasteiger partial charge >= 0.3 is 0 Å². The van der Waals surface area contributed by atoms with Gasteiger partial charge in [-0.25, -0.2) is 4.39 Å². The third-order valence-electron chi connectivity index (χ3n) is 3.00. The summed E-state index contributed by atoms with van der Waals surface area (Å²) in [5.41, 5.74) is 2.78. The highest BCUT2D eigenvalue weighted by molar-refractivity contribution is 5.19. The molecular weight excluding hydrogens is 243 g/mol. The minimum absolute atomic E-state index is 0.298. The summed E-state index contributed by atoms with van der Waals surface area (Å²) in [5, 5.41) is 13.1. The summed E-state index contributed by atoms with van der Waals surface area (Å²) in [6, 6.07) is 9.77. The van der Waals surface area contributed by atoms with E-state index in [4.69, 9.17) is 0 Å². The molecule has 2 aromatic rings. The van der Waals surface area contributed by atoms with Gasteiger partial charge in [0, 0.05) is 19.3 Å². The van der Waals surface area contributed by atoms with Gasteiger partial charge in [-0.1, -0.05) is 18.2 Å². The average molecular weight is 260 g/mol. The zero-order chi connectivity index (χ0) is 13.7. The van der Waals surface area contributed by atoms with E-state index >= 15 is 0 Å². The normalized spacial score (nSPS) is 12.4. The second kappa shape index (κ2) is 6.41. The van der Waals surface area contributed by atoms with Crippen molar-refractivity contribution in [3.8, 4) is 0 Å². The summed E-state index contributed by atoms with van der Waals surface area (Å²) >= 11 is 0. The number of nitrogens with zero attached hydrogens (tertiary/aromatic N) is 1. The Labute approximate surface area is 112 Å². The molecule has 0 saturated carbocycles. The van der Waals surface area contributed by atoms with E-state index in [9.17, 15) is 9.50 Å². The SMILES string of the molecule is Cc1cccnc1CNCC(O)c1ccc(F)cc1. The van der Waals surface area contributed by atoms with E-state index in [1.165, 1.54) is 12.1 Å². The highest BCUT2D eigenvalue weighted by Crippen LogP contribution is 2.12. The molecule has 1 aromatic heterocycles. The molecule has 19 heavy (non-hydrogen) atoms. The Morgan fingerprint density at radius 3 is 2.68 bits per heavy atom. The Hall–Kier alpha value is -1.78. The molecule has 0 spiro atoms. The Balaban J connectivity index is 1.86. The fraction of sp³-hybridized carbons (Fsp3) is 0.267.